The van der Waals surface area contributed by atoms with Crippen LogP contribution in [-0.2, 0) is 29.2 Å². The molecule has 4 aromatic rings. The fraction of sp³-hybridized carbons (Fsp3) is 0.400. The number of nitrogens with one attached hydrogen (secondary N) is 1. The third-order valence-corrected chi connectivity index (χ3v) is 6.65. The van der Waals surface area contributed by atoms with E-state index in [2.05, 4.69) is 31.5 Å². The Morgan fingerprint density at radius 3 is 2.75 bits per heavy atom. The zero-order valence-corrected chi connectivity index (χ0v) is 21.5. The van der Waals surface area contributed by atoms with Gasteiger partial charge in [0.05, 0.1) is 19.3 Å². The van der Waals surface area contributed by atoms with E-state index in [1.165, 1.54) is 4.68 Å². The summed E-state index contributed by atoms with van der Waals surface area (Å²) in [6.07, 6.45) is 0.675. The maximum atomic E-state index is 13.0. The molecule has 1 aromatic carbocycles. The predicted molar refractivity (Wildman–Crippen MR) is 137 cm³/mol. The van der Waals surface area contributed by atoms with Crippen LogP contribution in [0.2, 0.25) is 0 Å². The van der Waals surface area contributed by atoms with Crippen molar-refractivity contribution in [3.05, 3.63) is 68.4 Å². The van der Waals surface area contributed by atoms with Gasteiger partial charge in [0, 0.05) is 34.4 Å². The number of aromatic amines is 1. The van der Waals surface area contributed by atoms with Gasteiger partial charge in [0.1, 0.15) is 12.3 Å². The number of ether oxygens (including phenoxy) is 2. The molecule has 0 aliphatic heterocycles. The number of aromatic nitrogens is 5. The van der Waals surface area contributed by atoms with Gasteiger partial charge in [0.25, 0.3) is 5.56 Å². The van der Waals surface area contributed by atoms with E-state index in [-0.39, 0.29) is 24.8 Å². The highest BCUT2D eigenvalue weighted by molar-refractivity contribution is 7.09. The number of pyridine rings is 1. The van der Waals surface area contributed by atoms with Crippen LogP contribution >= 0.6 is 11.3 Å². The minimum atomic E-state index is -0.401. The van der Waals surface area contributed by atoms with Crippen LogP contribution in [0.3, 0.4) is 0 Å². The van der Waals surface area contributed by atoms with Crippen molar-refractivity contribution >= 4 is 28.2 Å². The third kappa shape index (κ3) is 5.97. The maximum Gasteiger partial charge on any atom is 0.327 e. The number of H-pyrrole nitrogens is 1. The summed E-state index contributed by atoms with van der Waals surface area (Å²) in [5.41, 5.74) is 1.22. The molecule has 4 rings (SSSR count). The third-order valence-electron chi connectivity index (χ3n) is 5.79. The van der Waals surface area contributed by atoms with E-state index in [9.17, 15) is 9.59 Å². The minimum Gasteiger partial charge on any atom is -0.494 e. The van der Waals surface area contributed by atoms with Crippen molar-refractivity contribution in [2.45, 2.75) is 52.9 Å². The molecule has 11 heteroatoms. The highest BCUT2D eigenvalue weighted by Crippen LogP contribution is 2.28. The lowest BCUT2D eigenvalue weighted by Crippen LogP contribution is -2.32. The number of carbonyl (C=O) groups excluding carboxylic acids is 1. The molecule has 0 bridgehead atoms. The Morgan fingerprint density at radius 1 is 1.17 bits per heavy atom. The van der Waals surface area contributed by atoms with Gasteiger partial charge in [-0.1, -0.05) is 13.0 Å². The zero-order valence-electron chi connectivity index (χ0n) is 20.6. The van der Waals surface area contributed by atoms with Crippen molar-refractivity contribution in [1.29, 1.82) is 0 Å². The van der Waals surface area contributed by atoms with Gasteiger partial charge in [-0.3, -0.25) is 14.5 Å². The Morgan fingerprint density at radius 2 is 2.03 bits per heavy atom. The van der Waals surface area contributed by atoms with Gasteiger partial charge in [-0.15, -0.1) is 16.4 Å². The van der Waals surface area contributed by atoms with E-state index >= 15 is 0 Å². The van der Waals surface area contributed by atoms with Gasteiger partial charge in [-0.05, 0) is 66.4 Å². The second-order valence-corrected chi connectivity index (χ2v) is 9.25. The predicted octanol–water partition coefficient (Wildman–Crippen LogP) is 3.69. The Kier molecular flexibility index (Phi) is 8.44. The van der Waals surface area contributed by atoms with Gasteiger partial charge in [-0.2, -0.15) is 0 Å². The quantitative estimate of drug-likeness (QED) is 0.287. The van der Waals surface area contributed by atoms with Crippen molar-refractivity contribution < 1.29 is 14.3 Å². The van der Waals surface area contributed by atoms with Crippen molar-refractivity contribution in [2.75, 3.05) is 13.2 Å². The number of nitrogens with zero attached hydrogens (tertiary/aromatic N) is 5. The molecule has 0 aliphatic carbocycles. The molecule has 36 heavy (non-hydrogen) atoms. The molecule has 3 aromatic heterocycles. The largest absolute Gasteiger partial charge is 0.494 e. The highest BCUT2D eigenvalue weighted by atomic mass is 32.1. The van der Waals surface area contributed by atoms with Gasteiger partial charge >= 0.3 is 5.97 Å². The van der Waals surface area contributed by atoms with Crippen LogP contribution in [0, 0.1) is 0 Å². The molecule has 3 heterocycles. The summed E-state index contributed by atoms with van der Waals surface area (Å²) < 4.78 is 12.2. The molecular weight excluding hydrogens is 480 g/mol. The van der Waals surface area contributed by atoms with E-state index in [4.69, 9.17) is 9.47 Å². The van der Waals surface area contributed by atoms with E-state index in [1.54, 1.807) is 18.3 Å². The summed E-state index contributed by atoms with van der Waals surface area (Å²) in [7, 11) is 0. The molecule has 0 spiro atoms. The van der Waals surface area contributed by atoms with E-state index in [1.807, 2.05) is 49.6 Å². The zero-order chi connectivity index (χ0) is 25.5. The second-order valence-electron chi connectivity index (χ2n) is 8.21. The minimum absolute atomic E-state index is 0.0731. The molecule has 10 nitrogen and oxygen atoms in total. The fourth-order valence-electron chi connectivity index (χ4n) is 4.20. The smallest absolute Gasteiger partial charge is 0.327 e. The molecule has 0 saturated heterocycles. The average Bonchev–Trinajstić information content (AvgIpc) is 3.53. The van der Waals surface area contributed by atoms with Crippen molar-refractivity contribution in [3.8, 4) is 5.75 Å². The standard InChI is InChI=1S/C25H30N6O4S/c1-4-22(24-27-28-29-31(24)16-23(32)35-6-3)30(15-20-8-7-11-36-20)14-18-12-17-13-19(34-5-2)9-10-21(17)26-25(18)33/h7-13,22H,4-6,14-16H2,1-3H3,(H,26,33). The van der Waals surface area contributed by atoms with Crippen LogP contribution in [0.1, 0.15) is 49.5 Å². The summed E-state index contributed by atoms with van der Waals surface area (Å²) in [5.74, 6) is 0.905. The monoisotopic (exact) mass is 510 g/mol. The molecule has 1 N–H and O–H groups in total. The molecule has 0 fully saturated rings. The number of hydrogen-bond donors (Lipinski definition) is 1. The summed E-state index contributed by atoms with van der Waals surface area (Å²) >= 11 is 1.65. The number of fused-ring (bicyclic) bond motifs is 1. The molecule has 0 aliphatic rings. The van der Waals surface area contributed by atoms with Gasteiger partial charge < -0.3 is 14.5 Å². The average molecular weight is 511 g/mol. The molecule has 0 saturated carbocycles. The van der Waals surface area contributed by atoms with Crippen molar-refractivity contribution in [3.63, 3.8) is 0 Å². The number of tetrazole rings is 1. The van der Waals surface area contributed by atoms with E-state index in [0.29, 0.717) is 37.5 Å². The van der Waals surface area contributed by atoms with Gasteiger partial charge in [0.15, 0.2) is 5.82 Å². The first-order chi connectivity index (χ1) is 17.5. The van der Waals surface area contributed by atoms with E-state index in [0.717, 1.165) is 21.5 Å². The van der Waals surface area contributed by atoms with Crippen LogP contribution in [0.15, 0.2) is 46.6 Å². The van der Waals surface area contributed by atoms with Crippen LogP contribution < -0.4 is 10.3 Å². The Hall–Kier alpha value is -3.57. The Balaban J connectivity index is 1.69. The Labute approximate surface area is 212 Å². The van der Waals surface area contributed by atoms with Crippen molar-refractivity contribution in [2.24, 2.45) is 0 Å². The van der Waals surface area contributed by atoms with Crippen molar-refractivity contribution in [1.82, 2.24) is 30.1 Å². The summed E-state index contributed by atoms with van der Waals surface area (Å²) in [4.78, 5) is 31.5. The number of thiophene rings is 1. The highest BCUT2D eigenvalue weighted by Gasteiger charge is 2.27. The number of hydrogen-bond acceptors (Lipinski definition) is 9. The number of benzene rings is 1. The molecule has 0 radical (unpaired) electrons. The fourth-order valence-corrected chi connectivity index (χ4v) is 4.93. The first kappa shape index (κ1) is 25.5. The van der Waals surface area contributed by atoms with Gasteiger partial charge in [-0.25, -0.2) is 4.68 Å². The summed E-state index contributed by atoms with van der Waals surface area (Å²) in [5, 5.41) is 15.0. The second kappa shape index (κ2) is 11.9. The summed E-state index contributed by atoms with van der Waals surface area (Å²) in [6.45, 7) is 7.47. The van der Waals surface area contributed by atoms with Crippen LogP contribution in [0.4, 0.5) is 0 Å². The number of esters is 1. The van der Waals surface area contributed by atoms with Crippen LogP contribution in [-0.4, -0.2) is 49.3 Å². The summed E-state index contributed by atoms with van der Waals surface area (Å²) in [6, 6.07) is 11.4. The van der Waals surface area contributed by atoms with E-state index < -0.39 is 5.97 Å². The first-order valence-electron chi connectivity index (χ1n) is 12.0. The lowest BCUT2D eigenvalue weighted by molar-refractivity contribution is -0.144. The van der Waals surface area contributed by atoms with Crippen LogP contribution in [0.5, 0.6) is 5.75 Å². The molecule has 1 unspecified atom stereocenters. The topological polar surface area (TPSA) is 115 Å². The maximum absolute atomic E-state index is 13.0. The molecule has 190 valence electrons. The number of rotatable bonds is 12. The molecular formula is C25H30N6O4S. The normalized spacial score (nSPS) is 12.2. The number of carbonyl (C=O) groups is 1. The first-order valence-corrected chi connectivity index (χ1v) is 12.9. The molecule has 0 amide bonds. The lowest BCUT2D eigenvalue weighted by atomic mass is 10.1. The molecule has 1 atom stereocenters. The Bertz CT molecular complexity index is 1350. The SMILES string of the molecule is CCOC(=O)Cn1nnnc1C(CC)N(Cc1cccs1)Cc1cc2cc(OCC)ccc2[nH]c1=O. The lowest BCUT2D eigenvalue weighted by Gasteiger charge is -2.29. The van der Waals surface area contributed by atoms with Gasteiger partial charge in [0.2, 0.25) is 0 Å². The van der Waals surface area contributed by atoms with Crippen LogP contribution in [0.25, 0.3) is 10.9 Å².